The summed E-state index contributed by atoms with van der Waals surface area (Å²) < 4.78 is 10.2. The third-order valence-electron chi connectivity index (χ3n) is 3.85. The van der Waals surface area contributed by atoms with Gasteiger partial charge in [-0.1, -0.05) is 12.1 Å². The van der Waals surface area contributed by atoms with Crippen molar-refractivity contribution in [3.63, 3.8) is 0 Å². The van der Waals surface area contributed by atoms with E-state index >= 15 is 0 Å². The second-order valence-corrected chi connectivity index (χ2v) is 5.13. The van der Waals surface area contributed by atoms with Crippen molar-refractivity contribution in [3.05, 3.63) is 29.8 Å². The fourth-order valence-electron chi connectivity index (χ4n) is 2.66. The van der Waals surface area contributed by atoms with Gasteiger partial charge < -0.3 is 9.47 Å². The van der Waals surface area contributed by atoms with Crippen LogP contribution in [0.5, 0.6) is 5.75 Å². The number of amides is 1. The average molecular weight is 293 g/mol. The zero-order valence-corrected chi connectivity index (χ0v) is 12.1. The summed E-state index contributed by atoms with van der Waals surface area (Å²) in [5.74, 6) is -0.772. The molecule has 0 radical (unpaired) electrons. The van der Waals surface area contributed by atoms with Crippen LogP contribution in [0.1, 0.15) is 18.9 Å². The van der Waals surface area contributed by atoms with E-state index in [9.17, 15) is 9.59 Å². The molecule has 0 spiro atoms. The van der Waals surface area contributed by atoms with Crippen molar-refractivity contribution in [2.45, 2.75) is 19.8 Å². The Kier molecular flexibility index (Phi) is 4.47. The highest BCUT2D eigenvalue weighted by atomic mass is 16.5. The molecule has 2 atom stereocenters. The van der Waals surface area contributed by atoms with E-state index in [1.807, 2.05) is 31.2 Å². The fraction of sp³-hybridized carbons (Fsp3) is 0.467. The Balaban J connectivity index is 2.14. The van der Waals surface area contributed by atoms with E-state index in [2.05, 4.69) is 0 Å². The maximum Gasteiger partial charge on any atom is 0.312 e. The summed E-state index contributed by atoms with van der Waals surface area (Å²) in [6.07, 6.45) is 0.767. The fourth-order valence-corrected chi connectivity index (χ4v) is 2.66. The first-order valence-electron chi connectivity index (χ1n) is 6.81. The van der Waals surface area contributed by atoms with Crippen molar-refractivity contribution in [2.75, 3.05) is 13.7 Å². The number of ether oxygens (including phenoxy) is 2. The number of carbonyl (C=O) groups excluding carboxylic acids is 2. The van der Waals surface area contributed by atoms with Gasteiger partial charge in [-0.3, -0.25) is 14.8 Å². The molecule has 1 aromatic carbocycles. The van der Waals surface area contributed by atoms with Crippen molar-refractivity contribution >= 4 is 11.9 Å². The van der Waals surface area contributed by atoms with Crippen LogP contribution in [0.2, 0.25) is 0 Å². The van der Waals surface area contributed by atoms with Gasteiger partial charge in [0.1, 0.15) is 5.75 Å². The summed E-state index contributed by atoms with van der Waals surface area (Å²) >= 11 is 0. The van der Waals surface area contributed by atoms with E-state index in [-0.39, 0.29) is 0 Å². The molecule has 21 heavy (non-hydrogen) atoms. The smallest absolute Gasteiger partial charge is 0.312 e. The van der Waals surface area contributed by atoms with E-state index in [0.717, 1.165) is 11.3 Å². The van der Waals surface area contributed by atoms with Gasteiger partial charge in [-0.05, 0) is 37.5 Å². The third-order valence-corrected chi connectivity index (χ3v) is 3.85. The minimum atomic E-state index is -0.880. The number of hydrogen-bond donors (Lipinski definition) is 2. The summed E-state index contributed by atoms with van der Waals surface area (Å²) in [4.78, 5) is 23.5. The molecule has 114 valence electrons. The van der Waals surface area contributed by atoms with Crippen LogP contribution in [-0.4, -0.2) is 30.8 Å². The molecule has 1 amide bonds. The molecule has 0 heterocycles. The van der Waals surface area contributed by atoms with Gasteiger partial charge in [0.15, 0.2) is 0 Å². The lowest BCUT2D eigenvalue weighted by Gasteiger charge is -2.15. The van der Waals surface area contributed by atoms with E-state index in [0.29, 0.717) is 19.4 Å². The Morgan fingerprint density at radius 1 is 1.38 bits per heavy atom. The van der Waals surface area contributed by atoms with Gasteiger partial charge in [-0.2, -0.15) is 0 Å². The van der Waals surface area contributed by atoms with Crippen molar-refractivity contribution in [1.82, 2.24) is 5.48 Å². The zero-order chi connectivity index (χ0) is 15.5. The molecule has 1 saturated carbocycles. The summed E-state index contributed by atoms with van der Waals surface area (Å²) in [6, 6.07) is 7.38. The number of benzene rings is 1. The van der Waals surface area contributed by atoms with E-state index in [1.54, 1.807) is 5.48 Å². The molecule has 2 rings (SSSR count). The molecule has 1 aromatic rings. The van der Waals surface area contributed by atoms with Crippen LogP contribution < -0.4 is 10.2 Å². The van der Waals surface area contributed by atoms with Gasteiger partial charge >= 0.3 is 5.97 Å². The van der Waals surface area contributed by atoms with Crippen LogP contribution in [0.3, 0.4) is 0 Å². The van der Waals surface area contributed by atoms with E-state index < -0.39 is 23.2 Å². The minimum Gasteiger partial charge on any atom is -0.494 e. The zero-order valence-electron chi connectivity index (χ0n) is 12.1. The number of methoxy groups -OCH3 is 1. The van der Waals surface area contributed by atoms with Gasteiger partial charge in [-0.25, -0.2) is 5.48 Å². The molecule has 1 aliphatic carbocycles. The van der Waals surface area contributed by atoms with Gasteiger partial charge in [-0.15, -0.1) is 0 Å². The Labute approximate surface area is 123 Å². The van der Waals surface area contributed by atoms with E-state index in [1.165, 1.54) is 7.11 Å². The number of hydroxylamine groups is 1. The predicted octanol–water partition coefficient (Wildman–Crippen LogP) is 1.31. The number of carbonyl (C=O) groups is 2. The van der Waals surface area contributed by atoms with Crippen molar-refractivity contribution < 1.29 is 24.3 Å². The second kappa shape index (κ2) is 6.13. The summed E-state index contributed by atoms with van der Waals surface area (Å²) in [5, 5.41) is 8.73. The first-order chi connectivity index (χ1) is 10.1. The van der Waals surface area contributed by atoms with Crippen molar-refractivity contribution in [3.8, 4) is 5.75 Å². The quantitative estimate of drug-likeness (QED) is 0.469. The van der Waals surface area contributed by atoms with Crippen molar-refractivity contribution in [2.24, 2.45) is 11.3 Å². The predicted molar refractivity (Wildman–Crippen MR) is 73.8 cm³/mol. The number of esters is 1. The van der Waals surface area contributed by atoms with Crippen LogP contribution in [0.25, 0.3) is 0 Å². The summed E-state index contributed by atoms with van der Waals surface area (Å²) in [5.41, 5.74) is 1.64. The molecular formula is C15H19NO5. The molecule has 6 nitrogen and oxygen atoms in total. The van der Waals surface area contributed by atoms with Crippen LogP contribution in [0, 0.1) is 11.3 Å². The largest absolute Gasteiger partial charge is 0.494 e. The highest BCUT2D eigenvalue weighted by molar-refractivity contribution is 5.93. The van der Waals surface area contributed by atoms with Gasteiger partial charge in [0.2, 0.25) is 5.91 Å². The first-order valence-corrected chi connectivity index (χ1v) is 6.81. The highest BCUT2D eigenvalue weighted by Crippen LogP contribution is 2.55. The monoisotopic (exact) mass is 293 g/mol. The average Bonchev–Trinajstić information content (AvgIpc) is 3.23. The van der Waals surface area contributed by atoms with Gasteiger partial charge in [0, 0.05) is 0 Å². The Hall–Kier alpha value is -2.08. The molecule has 6 heteroatoms. The lowest BCUT2D eigenvalue weighted by Crippen LogP contribution is -2.30. The minimum absolute atomic E-state index is 0.374. The normalized spacial score (nSPS) is 23.3. The lowest BCUT2D eigenvalue weighted by molar-refractivity contribution is -0.149. The van der Waals surface area contributed by atoms with E-state index in [4.69, 9.17) is 14.7 Å². The molecule has 1 fully saturated rings. The Morgan fingerprint density at radius 3 is 2.57 bits per heavy atom. The molecule has 0 saturated heterocycles. The highest BCUT2D eigenvalue weighted by Gasteiger charge is 2.64. The van der Waals surface area contributed by atoms with Crippen LogP contribution >= 0.6 is 0 Å². The molecule has 1 aliphatic rings. The maximum absolute atomic E-state index is 12.0. The first kappa shape index (κ1) is 15.3. The molecule has 0 aliphatic heterocycles. The number of nitrogens with one attached hydrogen (secondary N) is 1. The molecule has 2 N–H and O–H groups in total. The second-order valence-electron chi connectivity index (χ2n) is 5.13. The maximum atomic E-state index is 12.0. The van der Waals surface area contributed by atoms with Crippen LogP contribution in [0.15, 0.2) is 24.3 Å². The Bertz CT molecular complexity index is 527. The van der Waals surface area contributed by atoms with Crippen molar-refractivity contribution in [1.29, 1.82) is 0 Å². The SMILES string of the molecule is CCOc1ccc(C[C@]2(C(=O)OC)C[C@@H]2C(=O)NO)cc1. The number of rotatable bonds is 6. The molecule has 0 aromatic heterocycles. The summed E-state index contributed by atoms with van der Waals surface area (Å²) in [7, 11) is 1.30. The standard InChI is InChI=1S/C15H19NO5/c1-3-21-11-6-4-10(5-7-11)8-15(14(18)20-2)9-12(15)13(17)16-19/h4-7,12,19H,3,8-9H2,1-2H3,(H,16,17)/t12-,15+/m1/s1. The number of hydrogen-bond acceptors (Lipinski definition) is 5. The third kappa shape index (κ3) is 3.00. The molecule has 0 unspecified atom stereocenters. The topological polar surface area (TPSA) is 84.9 Å². The van der Waals surface area contributed by atoms with Crippen LogP contribution in [0.4, 0.5) is 0 Å². The van der Waals surface area contributed by atoms with Crippen LogP contribution in [-0.2, 0) is 20.7 Å². The Morgan fingerprint density at radius 2 is 2.05 bits per heavy atom. The van der Waals surface area contributed by atoms with Gasteiger partial charge in [0.05, 0.1) is 25.0 Å². The lowest BCUT2D eigenvalue weighted by atomic mass is 9.93. The molecule has 0 bridgehead atoms. The van der Waals surface area contributed by atoms with Gasteiger partial charge in [0.25, 0.3) is 0 Å². The summed E-state index contributed by atoms with van der Waals surface area (Å²) in [6.45, 7) is 2.49. The molecular weight excluding hydrogens is 274 g/mol.